The molecule has 9 heteroatoms. The van der Waals surface area contributed by atoms with Crippen LogP contribution in [0.5, 0.6) is 0 Å². The van der Waals surface area contributed by atoms with Crippen molar-refractivity contribution >= 4 is 32.7 Å². The first-order chi connectivity index (χ1) is 14.8. The van der Waals surface area contributed by atoms with Crippen LogP contribution >= 0.6 is 0 Å². The molecule has 0 aliphatic rings. The van der Waals surface area contributed by atoms with E-state index in [2.05, 4.69) is 20.0 Å². The molecule has 31 heavy (non-hydrogen) atoms. The number of anilines is 1. The topological polar surface area (TPSA) is 124 Å². The van der Waals surface area contributed by atoms with Crippen molar-refractivity contribution in [3.05, 3.63) is 94.4 Å². The molecule has 1 amide bonds. The summed E-state index contributed by atoms with van der Waals surface area (Å²) in [7, 11) is -3.87. The Bertz CT molecular complexity index is 1390. The van der Waals surface area contributed by atoms with Crippen molar-refractivity contribution in [3.8, 4) is 0 Å². The number of hydrogen-bond donors (Lipinski definition) is 4. The first kappa shape index (κ1) is 20.4. The fourth-order valence-electron chi connectivity index (χ4n) is 3.19. The summed E-state index contributed by atoms with van der Waals surface area (Å²) in [5, 5.41) is 2.92. The molecule has 0 unspecified atom stereocenters. The number of benzene rings is 3. The number of nitrogens with one attached hydrogen (secondary N) is 4. The van der Waals surface area contributed by atoms with Gasteiger partial charge in [0, 0.05) is 11.3 Å². The van der Waals surface area contributed by atoms with E-state index in [9.17, 15) is 18.0 Å². The normalized spacial score (nSPS) is 12.4. The second-order valence-corrected chi connectivity index (χ2v) is 8.76. The predicted molar refractivity (Wildman–Crippen MR) is 118 cm³/mol. The van der Waals surface area contributed by atoms with E-state index in [4.69, 9.17) is 0 Å². The van der Waals surface area contributed by atoms with Crippen LogP contribution in [0.15, 0.2) is 82.5 Å². The number of sulfonamides is 1. The molecule has 3 aromatic carbocycles. The maximum Gasteiger partial charge on any atom is 0.323 e. The van der Waals surface area contributed by atoms with Crippen LogP contribution in [0.25, 0.3) is 11.0 Å². The minimum atomic E-state index is -3.87. The van der Waals surface area contributed by atoms with Crippen molar-refractivity contribution in [2.45, 2.75) is 17.9 Å². The third kappa shape index (κ3) is 4.51. The molecule has 0 fully saturated rings. The van der Waals surface area contributed by atoms with Gasteiger partial charge in [0.1, 0.15) is 0 Å². The summed E-state index contributed by atoms with van der Waals surface area (Å²) in [6, 6.07) is 19.9. The summed E-state index contributed by atoms with van der Waals surface area (Å²) in [5.74, 6) is -0.257. The zero-order valence-corrected chi connectivity index (χ0v) is 17.4. The molecule has 4 rings (SSSR count). The smallest absolute Gasteiger partial charge is 0.323 e. The van der Waals surface area contributed by atoms with Crippen molar-refractivity contribution in [2.24, 2.45) is 0 Å². The van der Waals surface area contributed by atoms with Gasteiger partial charge in [-0.2, -0.15) is 0 Å². The van der Waals surface area contributed by atoms with Crippen LogP contribution in [0.2, 0.25) is 0 Å². The second-order valence-electron chi connectivity index (χ2n) is 7.08. The molecule has 1 heterocycles. The Morgan fingerprint density at radius 2 is 1.58 bits per heavy atom. The summed E-state index contributed by atoms with van der Waals surface area (Å²) in [6.45, 7) is 1.89. The lowest BCUT2D eigenvalue weighted by molar-refractivity contribution is 0.0940. The van der Waals surface area contributed by atoms with E-state index in [0.717, 1.165) is 5.56 Å². The number of amides is 1. The molecule has 0 radical (unpaired) electrons. The fraction of sp³-hybridized carbons (Fsp3) is 0.0909. The van der Waals surface area contributed by atoms with Crippen LogP contribution in [0.4, 0.5) is 5.69 Å². The van der Waals surface area contributed by atoms with Gasteiger partial charge in [0.05, 0.1) is 22.0 Å². The van der Waals surface area contributed by atoms with Crippen LogP contribution in [-0.4, -0.2) is 24.3 Å². The standard InChI is InChI=1S/C22H20N4O4S/c1-14(15-5-3-2-4-6-15)23-21(27)16-7-9-17(10-8-16)26-31(29,30)18-11-12-19-20(13-18)25-22(28)24-19/h2-14,26H,1H3,(H,23,27)(H2,24,25,28)/t14-/m0/s1. The minimum absolute atomic E-state index is 0.00811. The van der Waals surface area contributed by atoms with Gasteiger partial charge in [0.2, 0.25) is 0 Å². The third-order valence-electron chi connectivity index (χ3n) is 4.84. The first-order valence-corrected chi connectivity index (χ1v) is 11.0. The summed E-state index contributed by atoms with van der Waals surface area (Å²) < 4.78 is 27.8. The van der Waals surface area contributed by atoms with Crippen LogP contribution in [0, 0.1) is 0 Å². The Labute approximate surface area is 178 Å². The highest BCUT2D eigenvalue weighted by molar-refractivity contribution is 7.92. The predicted octanol–water partition coefficient (Wildman–Crippen LogP) is 3.15. The fourth-order valence-corrected chi connectivity index (χ4v) is 4.27. The van der Waals surface area contributed by atoms with Gasteiger partial charge in [-0.3, -0.25) is 9.52 Å². The van der Waals surface area contributed by atoms with E-state index in [1.54, 1.807) is 12.1 Å². The average molecular weight is 436 g/mol. The van der Waals surface area contributed by atoms with Gasteiger partial charge in [-0.05, 0) is 55.0 Å². The van der Waals surface area contributed by atoms with Crippen molar-refractivity contribution in [3.63, 3.8) is 0 Å². The number of imidazole rings is 1. The lowest BCUT2D eigenvalue weighted by Gasteiger charge is -2.14. The Kier molecular flexibility index (Phi) is 5.35. The molecule has 0 spiro atoms. The van der Waals surface area contributed by atoms with Crippen LogP contribution in [0.1, 0.15) is 28.9 Å². The number of rotatable bonds is 6. The Balaban J connectivity index is 1.47. The number of hydrogen-bond acceptors (Lipinski definition) is 4. The highest BCUT2D eigenvalue weighted by Crippen LogP contribution is 2.20. The first-order valence-electron chi connectivity index (χ1n) is 9.52. The van der Waals surface area contributed by atoms with Gasteiger partial charge in [-0.1, -0.05) is 30.3 Å². The Morgan fingerprint density at radius 3 is 2.29 bits per heavy atom. The van der Waals surface area contributed by atoms with E-state index < -0.39 is 15.7 Å². The molecule has 0 aliphatic heterocycles. The number of fused-ring (bicyclic) bond motifs is 1. The minimum Gasteiger partial charge on any atom is -0.346 e. The van der Waals surface area contributed by atoms with Gasteiger partial charge < -0.3 is 15.3 Å². The van der Waals surface area contributed by atoms with E-state index >= 15 is 0 Å². The lowest BCUT2D eigenvalue weighted by Crippen LogP contribution is -2.26. The molecule has 0 bridgehead atoms. The van der Waals surface area contributed by atoms with Crippen molar-refractivity contribution in [1.29, 1.82) is 0 Å². The van der Waals surface area contributed by atoms with Crippen LogP contribution in [0.3, 0.4) is 0 Å². The molecular formula is C22H20N4O4S. The number of carbonyl (C=O) groups excluding carboxylic acids is 1. The van der Waals surface area contributed by atoms with Crippen molar-refractivity contribution in [1.82, 2.24) is 15.3 Å². The van der Waals surface area contributed by atoms with Gasteiger partial charge in [0.25, 0.3) is 15.9 Å². The maximum absolute atomic E-state index is 12.7. The number of aromatic nitrogens is 2. The summed E-state index contributed by atoms with van der Waals surface area (Å²) >= 11 is 0. The molecule has 0 saturated carbocycles. The third-order valence-corrected chi connectivity index (χ3v) is 6.22. The van der Waals surface area contributed by atoms with Crippen LogP contribution in [-0.2, 0) is 10.0 Å². The number of H-pyrrole nitrogens is 2. The highest BCUT2D eigenvalue weighted by Gasteiger charge is 2.16. The molecule has 4 aromatic rings. The molecule has 0 aliphatic carbocycles. The average Bonchev–Trinajstić information content (AvgIpc) is 3.13. The molecule has 1 aromatic heterocycles. The zero-order chi connectivity index (χ0) is 22.0. The molecular weight excluding hydrogens is 416 g/mol. The van der Waals surface area contributed by atoms with Crippen LogP contribution < -0.4 is 15.7 Å². The maximum atomic E-state index is 12.7. The van der Waals surface area contributed by atoms with Gasteiger partial charge in [0.15, 0.2) is 0 Å². The highest BCUT2D eigenvalue weighted by atomic mass is 32.2. The van der Waals surface area contributed by atoms with E-state index in [1.807, 2.05) is 37.3 Å². The summed E-state index contributed by atoms with van der Waals surface area (Å²) in [6.07, 6.45) is 0. The second kappa shape index (κ2) is 8.11. The molecule has 158 valence electrons. The summed E-state index contributed by atoms with van der Waals surface area (Å²) in [4.78, 5) is 29.0. The number of aromatic amines is 2. The monoisotopic (exact) mass is 436 g/mol. The molecule has 4 N–H and O–H groups in total. The molecule has 1 atom stereocenters. The van der Waals surface area contributed by atoms with Gasteiger partial charge in [-0.25, -0.2) is 13.2 Å². The largest absolute Gasteiger partial charge is 0.346 e. The lowest BCUT2D eigenvalue weighted by atomic mass is 10.1. The van der Waals surface area contributed by atoms with E-state index in [0.29, 0.717) is 22.3 Å². The van der Waals surface area contributed by atoms with Crippen molar-refractivity contribution < 1.29 is 13.2 Å². The SMILES string of the molecule is C[C@H](NC(=O)c1ccc(NS(=O)(=O)c2ccc3[nH]c(=O)[nH]c3c2)cc1)c1ccccc1. The van der Waals surface area contributed by atoms with Gasteiger partial charge in [-0.15, -0.1) is 0 Å². The Morgan fingerprint density at radius 1 is 0.903 bits per heavy atom. The molecule has 8 nitrogen and oxygen atoms in total. The Hall–Kier alpha value is -3.85. The number of carbonyl (C=O) groups is 1. The van der Waals surface area contributed by atoms with Gasteiger partial charge >= 0.3 is 5.69 Å². The van der Waals surface area contributed by atoms with E-state index in [1.165, 1.54) is 30.3 Å². The quantitative estimate of drug-likeness (QED) is 0.371. The zero-order valence-electron chi connectivity index (χ0n) is 16.5. The summed E-state index contributed by atoms with van der Waals surface area (Å²) in [5.41, 5.74) is 2.22. The molecule has 0 saturated heterocycles. The van der Waals surface area contributed by atoms with Crippen molar-refractivity contribution in [2.75, 3.05) is 4.72 Å². The van der Waals surface area contributed by atoms with E-state index in [-0.39, 0.29) is 16.8 Å².